The molecule has 0 aliphatic rings. The number of anilines is 1. The second kappa shape index (κ2) is 13.7. The van der Waals surface area contributed by atoms with Crippen molar-refractivity contribution < 1.29 is 24.0 Å². The third kappa shape index (κ3) is 8.53. The molecule has 0 fully saturated rings. The van der Waals surface area contributed by atoms with Crippen LogP contribution in [0, 0.1) is 17.7 Å². The lowest BCUT2D eigenvalue weighted by Gasteiger charge is -2.20. The van der Waals surface area contributed by atoms with Gasteiger partial charge < -0.3 is 21.7 Å². The zero-order valence-corrected chi connectivity index (χ0v) is 20.6. The van der Waals surface area contributed by atoms with Gasteiger partial charge in [-0.3, -0.25) is 19.6 Å². The molecule has 0 bridgehead atoms. The van der Waals surface area contributed by atoms with Gasteiger partial charge in [0, 0.05) is 35.0 Å². The van der Waals surface area contributed by atoms with Gasteiger partial charge >= 0.3 is 0 Å². The van der Waals surface area contributed by atoms with Crippen LogP contribution < -0.4 is 27.2 Å². The highest BCUT2D eigenvalue weighted by Gasteiger charge is 2.24. The van der Waals surface area contributed by atoms with Crippen molar-refractivity contribution in [2.24, 2.45) is 5.73 Å². The fraction of sp³-hybridized carbons (Fsp3) is 0.179. The Balaban J connectivity index is 1.50. The maximum atomic E-state index is 12.9. The maximum Gasteiger partial charge on any atom is 0.267 e. The summed E-state index contributed by atoms with van der Waals surface area (Å²) in [6, 6.07) is 17.8. The van der Waals surface area contributed by atoms with Crippen molar-refractivity contribution in [2.45, 2.75) is 25.6 Å². The van der Waals surface area contributed by atoms with Gasteiger partial charge in [0.2, 0.25) is 5.91 Å². The van der Waals surface area contributed by atoms with E-state index in [4.69, 9.17) is 10.9 Å². The Morgan fingerprint density at radius 1 is 0.921 bits per heavy atom. The average molecular weight is 518 g/mol. The number of carbonyl (C=O) groups excluding carboxylic acids is 3. The van der Waals surface area contributed by atoms with Crippen LogP contribution in [0.2, 0.25) is 0 Å². The van der Waals surface area contributed by atoms with Gasteiger partial charge in [0.1, 0.15) is 11.9 Å². The van der Waals surface area contributed by atoms with Crippen molar-refractivity contribution in [2.75, 3.05) is 11.9 Å². The van der Waals surface area contributed by atoms with Gasteiger partial charge in [0.05, 0.1) is 6.54 Å². The van der Waals surface area contributed by atoms with Crippen LogP contribution in [0.25, 0.3) is 0 Å². The molecule has 0 aliphatic carbocycles. The summed E-state index contributed by atoms with van der Waals surface area (Å²) in [5.74, 6) is 4.18. The van der Waals surface area contributed by atoms with E-state index in [0.29, 0.717) is 23.4 Å². The van der Waals surface area contributed by atoms with Gasteiger partial charge in [-0.2, -0.15) is 0 Å². The molecule has 3 aromatic carbocycles. The van der Waals surface area contributed by atoms with Crippen LogP contribution in [-0.4, -0.2) is 41.6 Å². The normalized spacial score (nSPS) is 11.9. The zero-order chi connectivity index (χ0) is 27.5. The Hall–Kier alpha value is -4.56. The first-order valence-electron chi connectivity index (χ1n) is 11.7. The second-order valence-corrected chi connectivity index (χ2v) is 8.47. The Labute approximate surface area is 219 Å². The SMILES string of the molecule is CC(N)C(NC(=O)c1ccc(C#Cc2ccc(NC(=O)CNCc3ccc(F)cc3)cc2)cc1)C(=O)NO. The number of hydrogen-bond donors (Lipinski definition) is 6. The molecule has 0 saturated carbocycles. The van der Waals surface area contributed by atoms with Crippen LogP contribution >= 0.6 is 0 Å². The third-order valence-electron chi connectivity index (χ3n) is 5.40. The van der Waals surface area contributed by atoms with Crippen LogP contribution in [-0.2, 0) is 16.1 Å². The summed E-state index contributed by atoms with van der Waals surface area (Å²) in [5, 5.41) is 17.1. The molecule has 38 heavy (non-hydrogen) atoms. The minimum atomic E-state index is -1.09. The van der Waals surface area contributed by atoms with E-state index in [0.717, 1.165) is 11.1 Å². The molecular weight excluding hydrogens is 489 g/mol. The molecule has 2 unspecified atom stereocenters. The van der Waals surface area contributed by atoms with Gasteiger partial charge in [0.25, 0.3) is 11.8 Å². The van der Waals surface area contributed by atoms with E-state index in [-0.39, 0.29) is 18.3 Å². The van der Waals surface area contributed by atoms with Crippen molar-refractivity contribution in [3.63, 3.8) is 0 Å². The summed E-state index contributed by atoms with van der Waals surface area (Å²) in [6.45, 7) is 2.09. The second-order valence-electron chi connectivity index (χ2n) is 8.47. The number of carbonyl (C=O) groups is 3. The van der Waals surface area contributed by atoms with Crippen LogP contribution in [0.15, 0.2) is 72.8 Å². The molecule has 3 amide bonds. The molecular formula is C28H28FN5O4. The van der Waals surface area contributed by atoms with E-state index >= 15 is 0 Å². The lowest BCUT2D eigenvalue weighted by atomic mass is 10.1. The maximum absolute atomic E-state index is 12.9. The molecule has 0 spiro atoms. The lowest BCUT2D eigenvalue weighted by molar-refractivity contribution is -0.131. The van der Waals surface area contributed by atoms with Crippen molar-refractivity contribution in [3.05, 3.63) is 101 Å². The first kappa shape index (κ1) is 28.0. The molecule has 9 nitrogen and oxygen atoms in total. The number of rotatable bonds is 9. The van der Waals surface area contributed by atoms with Crippen LogP contribution in [0.5, 0.6) is 0 Å². The van der Waals surface area contributed by atoms with E-state index in [1.165, 1.54) is 24.5 Å². The molecule has 0 radical (unpaired) electrons. The number of hydrogen-bond acceptors (Lipinski definition) is 6. The van der Waals surface area contributed by atoms with E-state index < -0.39 is 23.9 Å². The first-order chi connectivity index (χ1) is 18.2. The highest BCUT2D eigenvalue weighted by molar-refractivity contribution is 5.97. The highest BCUT2D eigenvalue weighted by Crippen LogP contribution is 2.10. The fourth-order valence-corrected chi connectivity index (χ4v) is 3.34. The van der Waals surface area contributed by atoms with Crippen molar-refractivity contribution in [1.29, 1.82) is 0 Å². The minimum Gasteiger partial charge on any atom is -0.339 e. The van der Waals surface area contributed by atoms with E-state index in [1.54, 1.807) is 60.7 Å². The van der Waals surface area contributed by atoms with Crippen molar-refractivity contribution >= 4 is 23.4 Å². The van der Waals surface area contributed by atoms with Gasteiger partial charge in [-0.15, -0.1) is 0 Å². The van der Waals surface area contributed by atoms with Gasteiger partial charge in [-0.05, 0) is 73.2 Å². The minimum absolute atomic E-state index is 0.105. The quantitative estimate of drug-likeness (QED) is 0.145. The number of nitrogens with one attached hydrogen (secondary N) is 4. The number of amides is 3. The largest absolute Gasteiger partial charge is 0.339 e. The zero-order valence-electron chi connectivity index (χ0n) is 20.6. The highest BCUT2D eigenvalue weighted by atomic mass is 19.1. The third-order valence-corrected chi connectivity index (χ3v) is 5.40. The first-order valence-corrected chi connectivity index (χ1v) is 11.7. The predicted molar refractivity (Wildman–Crippen MR) is 140 cm³/mol. The van der Waals surface area contributed by atoms with Gasteiger partial charge in [0.15, 0.2) is 0 Å². The van der Waals surface area contributed by atoms with Crippen LogP contribution in [0.4, 0.5) is 10.1 Å². The van der Waals surface area contributed by atoms with Crippen LogP contribution in [0.1, 0.15) is 34.0 Å². The smallest absolute Gasteiger partial charge is 0.267 e. The van der Waals surface area contributed by atoms with Crippen LogP contribution in [0.3, 0.4) is 0 Å². The molecule has 0 saturated heterocycles. The van der Waals surface area contributed by atoms with E-state index in [2.05, 4.69) is 27.8 Å². The predicted octanol–water partition coefficient (Wildman–Crippen LogP) is 1.90. The molecule has 10 heteroatoms. The molecule has 3 aromatic rings. The molecule has 0 aromatic heterocycles. The molecule has 196 valence electrons. The molecule has 0 aliphatic heterocycles. The summed E-state index contributed by atoms with van der Waals surface area (Å²) in [6.07, 6.45) is 0. The lowest BCUT2D eigenvalue weighted by Crippen LogP contribution is -2.54. The Morgan fingerprint density at radius 3 is 2.05 bits per heavy atom. The molecule has 2 atom stereocenters. The summed E-state index contributed by atoms with van der Waals surface area (Å²) >= 11 is 0. The van der Waals surface area contributed by atoms with Crippen molar-refractivity contribution in [3.8, 4) is 11.8 Å². The number of benzene rings is 3. The Bertz CT molecular complexity index is 1310. The molecule has 3 rings (SSSR count). The monoisotopic (exact) mass is 517 g/mol. The van der Waals surface area contributed by atoms with Crippen molar-refractivity contribution in [1.82, 2.24) is 16.1 Å². The van der Waals surface area contributed by atoms with E-state index in [9.17, 15) is 18.8 Å². The summed E-state index contributed by atoms with van der Waals surface area (Å²) in [7, 11) is 0. The molecule has 7 N–H and O–H groups in total. The average Bonchev–Trinajstić information content (AvgIpc) is 2.92. The Morgan fingerprint density at radius 2 is 1.50 bits per heavy atom. The standard InChI is InChI=1S/C28H28FN5O4/c1-18(30)26(28(37)34-38)33-27(36)22-10-4-19(5-11-22)2-3-20-8-14-24(15-9-20)32-25(35)17-31-16-21-6-12-23(29)13-7-21/h4-15,18,26,31,38H,16-17,30H2,1H3,(H,32,35)(H,33,36)(H,34,37). The number of hydroxylamine groups is 1. The summed E-state index contributed by atoms with van der Waals surface area (Å²) in [4.78, 5) is 36.2. The number of nitrogens with two attached hydrogens (primary N) is 1. The summed E-state index contributed by atoms with van der Waals surface area (Å²) < 4.78 is 12.9. The topological polar surface area (TPSA) is 146 Å². The van der Waals surface area contributed by atoms with Gasteiger partial charge in [-0.25, -0.2) is 9.87 Å². The molecule has 0 heterocycles. The Kier molecular flexibility index (Phi) is 10.1. The summed E-state index contributed by atoms with van der Waals surface area (Å²) in [5.41, 5.74) is 10.4. The van der Waals surface area contributed by atoms with E-state index in [1.807, 2.05) is 0 Å². The number of halogens is 1. The fourth-order valence-electron chi connectivity index (χ4n) is 3.34. The van der Waals surface area contributed by atoms with Gasteiger partial charge in [-0.1, -0.05) is 24.0 Å².